The van der Waals surface area contributed by atoms with Crippen molar-refractivity contribution in [1.29, 1.82) is 0 Å². The minimum atomic E-state index is -0.509. The number of hydrogen-bond donors (Lipinski definition) is 1. The van der Waals surface area contributed by atoms with Crippen molar-refractivity contribution in [3.63, 3.8) is 0 Å². The van der Waals surface area contributed by atoms with Crippen LogP contribution in [0.3, 0.4) is 0 Å². The highest BCUT2D eigenvalue weighted by Gasteiger charge is 2.23. The molecule has 6 heteroatoms. The van der Waals surface area contributed by atoms with Gasteiger partial charge in [0.15, 0.2) is 0 Å². The summed E-state index contributed by atoms with van der Waals surface area (Å²) in [4.78, 5) is 28.5. The highest BCUT2D eigenvalue weighted by molar-refractivity contribution is 5.98. The summed E-state index contributed by atoms with van der Waals surface area (Å²) in [5, 5.41) is 9.58. The number of esters is 1. The van der Waals surface area contributed by atoms with Crippen LogP contribution in [0.4, 0.5) is 0 Å². The van der Waals surface area contributed by atoms with E-state index in [2.05, 4.69) is 9.72 Å². The van der Waals surface area contributed by atoms with E-state index in [1.54, 1.807) is 13.8 Å². The molecule has 0 saturated heterocycles. The molecule has 18 heavy (non-hydrogen) atoms. The van der Waals surface area contributed by atoms with Crippen LogP contribution in [-0.4, -0.2) is 46.6 Å². The summed E-state index contributed by atoms with van der Waals surface area (Å²) in [6, 6.07) is 1.22. The maximum absolute atomic E-state index is 12.2. The fourth-order valence-corrected chi connectivity index (χ4v) is 1.41. The first-order valence-corrected chi connectivity index (χ1v) is 5.48. The third-order valence-corrected chi connectivity index (χ3v) is 2.44. The Morgan fingerprint density at radius 3 is 2.67 bits per heavy atom. The van der Waals surface area contributed by atoms with E-state index in [1.165, 1.54) is 30.5 Å². The monoisotopic (exact) mass is 252 g/mol. The first-order chi connectivity index (χ1) is 8.47. The summed E-state index contributed by atoms with van der Waals surface area (Å²) >= 11 is 0. The lowest BCUT2D eigenvalue weighted by molar-refractivity contribution is -0.141. The zero-order valence-corrected chi connectivity index (χ0v) is 10.6. The Hall–Kier alpha value is -2.11. The quantitative estimate of drug-likeness (QED) is 0.802. The summed E-state index contributed by atoms with van der Waals surface area (Å²) in [5.41, 5.74) is 0.114. The number of methoxy groups -OCH3 is 1. The van der Waals surface area contributed by atoms with Crippen LogP contribution in [-0.2, 0) is 9.53 Å². The number of rotatable bonds is 4. The van der Waals surface area contributed by atoms with E-state index < -0.39 is 11.9 Å². The molecule has 0 atom stereocenters. The molecule has 0 aromatic carbocycles. The minimum Gasteiger partial charge on any atom is -0.505 e. The molecule has 0 unspecified atom stereocenters. The van der Waals surface area contributed by atoms with E-state index >= 15 is 0 Å². The standard InChI is InChI=1S/C12H16N2O4/c1-8(2)14(7-11(16)18-3)12(17)9-4-5-13-6-10(9)15/h4-6,8,15H,7H2,1-3H3. The van der Waals surface area contributed by atoms with Crippen LogP contribution in [0.1, 0.15) is 24.2 Å². The molecule has 0 aliphatic heterocycles. The van der Waals surface area contributed by atoms with Crippen molar-refractivity contribution in [3.05, 3.63) is 24.0 Å². The topological polar surface area (TPSA) is 79.7 Å². The van der Waals surface area contributed by atoms with Crippen LogP contribution in [0.5, 0.6) is 5.75 Å². The van der Waals surface area contributed by atoms with Crippen molar-refractivity contribution in [3.8, 4) is 5.75 Å². The average molecular weight is 252 g/mol. The number of aromatic nitrogens is 1. The van der Waals surface area contributed by atoms with Gasteiger partial charge >= 0.3 is 5.97 Å². The molecule has 1 amide bonds. The number of ether oxygens (including phenoxy) is 1. The molecule has 1 rings (SSSR count). The molecule has 0 fully saturated rings. The number of carbonyl (C=O) groups excluding carboxylic acids is 2. The molecular weight excluding hydrogens is 236 g/mol. The number of amides is 1. The van der Waals surface area contributed by atoms with Gasteiger partial charge in [0.25, 0.3) is 5.91 Å². The first-order valence-electron chi connectivity index (χ1n) is 5.48. The smallest absolute Gasteiger partial charge is 0.325 e. The molecule has 1 aromatic heterocycles. The van der Waals surface area contributed by atoms with Crippen LogP contribution in [0.15, 0.2) is 18.5 Å². The zero-order valence-electron chi connectivity index (χ0n) is 10.6. The van der Waals surface area contributed by atoms with Gasteiger partial charge in [-0.15, -0.1) is 0 Å². The fraction of sp³-hybridized carbons (Fsp3) is 0.417. The molecule has 0 saturated carbocycles. The van der Waals surface area contributed by atoms with Crippen molar-refractivity contribution < 1.29 is 19.4 Å². The predicted octanol–water partition coefficient (Wildman–Crippen LogP) is 0.811. The van der Waals surface area contributed by atoms with Gasteiger partial charge in [0.2, 0.25) is 0 Å². The third-order valence-electron chi connectivity index (χ3n) is 2.44. The Morgan fingerprint density at radius 2 is 2.17 bits per heavy atom. The summed E-state index contributed by atoms with van der Waals surface area (Å²) in [6.45, 7) is 3.40. The molecule has 0 spiro atoms. The van der Waals surface area contributed by atoms with Crippen molar-refractivity contribution >= 4 is 11.9 Å². The molecule has 98 valence electrons. The second kappa shape index (κ2) is 6.00. The van der Waals surface area contributed by atoms with E-state index in [4.69, 9.17) is 0 Å². The Labute approximate surface area is 105 Å². The van der Waals surface area contributed by atoms with Crippen molar-refractivity contribution in [2.45, 2.75) is 19.9 Å². The Morgan fingerprint density at radius 1 is 1.50 bits per heavy atom. The van der Waals surface area contributed by atoms with Gasteiger partial charge < -0.3 is 14.7 Å². The SMILES string of the molecule is COC(=O)CN(C(=O)c1ccncc1O)C(C)C. The highest BCUT2D eigenvalue weighted by atomic mass is 16.5. The van der Waals surface area contributed by atoms with Gasteiger partial charge in [-0.1, -0.05) is 0 Å². The molecule has 6 nitrogen and oxygen atoms in total. The van der Waals surface area contributed by atoms with Gasteiger partial charge in [-0.25, -0.2) is 0 Å². The molecule has 0 bridgehead atoms. The van der Waals surface area contributed by atoms with E-state index in [-0.39, 0.29) is 23.9 Å². The van der Waals surface area contributed by atoms with Gasteiger partial charge in [0.1, 0.15) is 12.3 Å². The highest BCUT2D eigenvalue weighted by Crippen LogP contribution is 2.17. The van der Waals surface area contributed by atoms with E-state index in [9.17, 15) is 14.7 Å². The molecule has 0 aliphatic rings. The number of pyridine rings is 1. The maximum atomic E-state index is 12.2. The van der Waals surface area contributed by atoms with Gasteiger partial charge in [0.05, 0.1) is 18.9 Å². The largest absolute Gasteiger partial charge is 0.505 e. The second-order valence-corrected chi connectivity index (χ2v) is 4.00. The minimum absolute atomic E-state index is 0.114. The molecule has 0 aliphatic carbocycles. The van der Waals surface area contributed by atoms with Crippen LogP contribution < -0.4 is 0 Å². The molecule has 0 radical (unpaired) electrons. The molecular formula is C12H16N2O4. The lowest BCUT2D eigenvalue weighted by atomic mass is 10.2. The van der Waals surface area contributed by atoms with E-state index in [1.807, 2.05) is 0 Å². The summed E-state index contributed by atoms with van der Waals surface area (Å²) in [7, 11) is 1.26. The Balaban J connectivity index is 2.97. The second-order valence-electron chi connectivity index (χ2n) is 4.00. The summed E-state index contributed by atoms with van der Waals surface area (Å²) in [5.74, 6) is -1.15. The Bertz CT molecular complexity index is 445. The number of aromatic hydroxyl groups is 1. The van der Waals surface area contributed by atoms with Gasteiger partial charge in [-0.3, -0.25) is 14.6 Å². The molecule has 1 N–H and O–H groups in total. The van der Waals surface area contributed by atoms with Crippen LogP contribution >= 0.6 is 0 Å². The van der Waals surface area contributed by atoms with E-state index in [0.717, 1.165) is 0 Å². The predicted molar refractivity (Wildman–Crippen MR) is 64.1 cm³/mol. The summed E-state index contributed by atoms with van der Waals surface area (Å²) < 4.78 is 4.54. The normalized spacial score (nSPS) is 10.2. The average Bonchev–Trinajstić information content (AvgIpc) is 2.35. The Kier molecular flexibility index (Phi) is 4.65. The first kappa shape index (κ1) is 14.0. The van der Waals surface area contributed by atoms with Crippen molar-refractivity contribution in [1.82, 2.24) is 9.88 Å². The number of nitrogens with zero attached hydrogens (tertiary/aromatic N) is 2. The zero-order chi connectivity index (χ0) is 13.7. The summed E-state index contributed by atoms with van der Waals surface area (Å²) in [6.07, 6.45) is 2.59. The lowest BCUT2D eigenvalue weighted by Gasteiger charge is -2.25. The fourth-order valence-electron chi connectivity index (χ4n) is 1.41. The van der Waals surface area contributed by atoms with Crippen molar-refractivity contribution in [2.75, 3.05) is 13.7 Å². The van der Waals surface area contributed by atoms with E-state index in [0.29, 0.717) is 0 Å². The van der Waals surface area contributed by atoms with Gasteiger partial charge in [0, 0.05) is 12.2 Å². The lowest BCUT2D eigenvalue weighted by Crippen LogP contribution is -2.41. The van der Waals surface area contributed by atoms with Gasteiger partial charge in [-0.05, 0) is 19.9 Å². The molecule has 1 aromatic rings. The van der Waals surface area contributed by atoms with Crippen LogP contribution in [0.2, 0.25) is 0 Å². The van der Waals surface area contributed by atoms with Crippen LogP contribution in [0, 0.1) is 0 Å². The third kappa shape index (κ3) is 3.19. The van der Waals surface area contributed by atoms with Gasteiger partial charge in [-0.2, -0.15) is 0 Å². The van der Waals surface area contributed by atoms with Crippen molar-refractivity contribution in [2.24, 2.45) is 0 Å². The molecule has 1 heterocycles. The van der Waals surface area contributed by atoms with Crippen LogP contribution in [0.25, 0.3) is 0 Å². The maximum Gasteiger partial charge on any atom is 0.325 e. The number of hydrogen-bond acceptors (Lipinski definition) is 5. The number of carbonyl (C=O) groups is 2.